The van der Waals surface area contributed by atoms with E-state index in [0.717, 1.165) is 35.7 Å². The molecule has 3 aromatic rings. The van der Waals surface area contributed by atoms with Crippen LogP contribution in [-0.2, 0) is 23.2 Å². The fourth-order valence-corrected chi connectivity index (χ4v) is 3.64. The van der Waals surface area contributed by atoms with Gasteiger partial charge in [0.15, 0.2) is 5.82 Å². The Morgan fingerprint density at radius 3 is 2.61 bits per heavy atom. The molecule has 1 aliphatic rings. The van der Waals surface area contributed by atoms with E-state index < -0.39 is 0 Å². The third-order valence-electron chi connectivity index (χ3n) is 5.53. The van der Waals surface area contributed by atoms with Crippen LogP contribution in [0.25, 0.3) is 11.3 Å². The average molecular weight is 422 g/mol. The Bertz CT molecular complexity index is 1010. The predicted molar refractivity (Wildman–Crippen MR) is 113 cm³/mol. The lowest BCUT2D eigenvalue weighted by Crippen LogP contribution is -2.40. The molecule has 4 rings (SSSR count). The molecule has 0 bridgehead atoms. The van der Waals surface area contributed by atoms with Crippen molar-refractivity contribution < 1.29 is 14.3 Å². The molecule has 31 heavy (non-hydrogen) atoms. The average Bonchev–Trinajstić information content (AvgIpc) is 3.24. The molecule has 0 aliphatic carbocycles. The van der Waals surface area contributed by atoms with Gasteiger partial charge in [0.1, 0.15) is 31.1 Å². The minimum atomic E-state index is -0.00600. The quantitative estimate of drug-likeness (QED) is 0.576. The minimum absolute atomic E-state index is 0.00600. The van der Waals surface area contributed by atoms with E-state index in [1.807, 2.05) is 42.3 Å². The zero-order valence-electron chi connectivity index (χ0n) is 17.8. The Hall–Kier alpha value is -3.33. The van der Waals surface area contributed by atoms with Crippen molar-refractivity contribution in [2.45, 2.75) is 25.4 Å². The van der Waals surface area contributed by atoms with E-state index in [9.17, 15) is 4.79 Å². The van der Waals surface area contributed by atoms with Crippen molar-refractivity contribution in [3.8, 4) is 17.0 Å². The van der Waals surface area contributed by atoms with E-state index in [2.05, 4.69) is 15.2 Å². The predicted octanol–water partition coefficient (Wildman–Crippen LogP) is 2.20. The van der Waals surface area contributed by atoms with Crippen LogP contribution in [-0.4, -0.2) is 62.3 Å². The number of hydrogen-bond acceptors (Lipinski definition) is 7. The second kappa shape index (κ2) is 9.65. The van der Waals surface area contributed by atoms with Gasteiger partial charge in [-0.1, -0.05) is 0 Å². The van der Waals surface area contributed by atoms with Gasteiger partial charge in [0, 0.05) is 37.8 Å². The number of methoxy groups -OCH3 is 1. The van der Waals surface area contributed by atoms with Crippen molar-refractivity contribution >= 4 is 5.91 Å². The summed E-state index contributed by atoms with van der Waals surface area (Å²) in [7, 11) is 3.50. The van der Waals surface area contributed by atoms with Crippen LogP contribution in [0.5, 0.6) is 5.75 Å². The van der Waals surface area contributed by atoms with Gasteiger partial charge < -0.3 is 18.9 Å². The van der Waals surface area contributed by atoms with E-state index in [1.165, 1.54) is 0 Å². The van der Waals surface area contributed by atoms with Crippen LogP contribution in [0.4, 0.5) is 0 Å². The maximum atomic E-state index is 12.5. The number of ether oxygens (including phenoxy) is 2. The van der Waals surface area contributed by atoms with Gasteiger partial charge in [-0.2, -0.15) is 0 Å². The first-order valence-corrected chi connectivity index (χ1v) is 10.3. The molecule has 1 aromatic carbocycles. The number of nitrogens with zero attached hydrogens (tertiary/aromatic N) is 6. The van der Waals surface area contributed by atoms with Crippen LogP contribution in [0.1, 0.15) is 30.4 Å². The lowest BCUT2D eigenvalue weighted by Gasteiger charge is -2.31. The second-order valence-corrected chi connectivity index (χ2v) is 7.53. The third kappa shape index (κ3) is 5.05. The van der Waals surface area contributed by atoms with Crippen molar-refractivity contribution in [1.82, 2.24) is 29.6 Å². The van der Waals surface area contributed by atoms with Gasteiger partial charge in [-0.15, -0.1) is 10.2 Å². The van der Waals surface area contributed by atoms with Crippen molar-refractivity contribution in [1.29, 1.82) is 0 Å². The number of carbonyl (C=O) groups excluding carboxylic acids is 1. The number of piperidine rings is 1. The second-order valence-electron chi connectivity index (χ2n) is 7.53. The highest BCUT2D eigenvalue weighted by Crippen LogP contribution is 2.27. The van der Waals surface area contributed by atoms with Crippen molar-refractivity contribution in [2.75, 3.05) is 26.8 Å². The molecule has 0 spiro atoms. The van der Waals surface area contributed by atoms with E-state index in [1.54, 1.807) is 24.2 Å². The molecule has 9 nitrogen and oxygen atoms in total. The fraction of sp³-hybridized carbons (Fsp3) is 0.409. The molecule has 1 amide bonds. The van der Waals surface area contributed by atoms with Gasteiger partial charge in [0.25, 0.3) is 0 Å². The topological polar surface area (TPSA) is 95.3 Å². The lowest BCUT2D eigenvalue weighted by molar-refractivity contribution is -0.137. The van der Waals surface area contributed by atoms with E-state index in [0.29, 0.717) is 18.9 Å². The van der Waals surface area contributed by atoms with Crippen LogP contribution >= 0.6 is 0 Å². The highest BCUT2D eigenvalue weighted by molar-refractivity contribution is 5.77. The summed E-state index contributed by atoms with van der Waals surface area (Å²) >= 11 is 0. The number of carbonyl (C=O) groups is 1. The fourth-order valence-electron chi connectivity index (χ4n) is 3.64. The standard InChI is InChI=1S/C22H26N6O3/c1-27-15-24-26-20(27)13-31-14-21(29)28-11-8-17(9-12-28)22-23-10-7-19(25-22)16-3-5-18(30-2)6-4-16/h3-7,10,15,17H,8-9,11-14H2,1-2H3. The Morgan fingerprint density at radius 1 is 1.16 bits per heavy atom. The van der Waals surface area contributed by atoms with Crippen LogP contribution in [0.2, 0.25) is 0 Å². The molecular weight excluding hydrogens is 396 g/mol. The molecule has 9 heteroatoms. The van der Waals surface area contributed by atoms with Gasteiger partial charge in [-0.25, -0.2) is 9.97 Å². The molecule has 2 aromatic heterocycles. The highest BCUT2D eigenvalue weighted by atomic mass is 16.5. The molecule has 1 aliphatic heterocycles. The maximum Gasteiger partial charge on any atom is 0.248 e. The monoisotopic (exact) mass is 422 g/mol. The molecule has 0 N–H and O–H groups in total. The first-order valence-electron chi connectivity index (χ1n) is 10.3. The molecule has 1 saturated heterocycles. The first-order chi connectivity index (χ1) is 15.1. The molecule has 0 atom stereocenters. The summed E-state index contributed by atoms with van der Waals surface area (Å²) in [4.78, 5) is 23.6. The molecule has 1 fully saturated rings. The number of hydrogen-bond donors (Lipinski definition) is 0. The number of aromatic nitrogens is 5. The molecule has 0 saturated carbocycles. The lowest BCUT2D eigenvalue weighted by atomic mass is 9.95. The van der Waals surface area contributed by atoms with Crippen LogP contribution in [0, 0.1) is 0 Å². The van der Waals surface area contributed by atoms with Crippen LogP contribution < -0.4 is 4.74 Å². The van der Waals surface area contributed by atoms with E-state index in [4.69, 9.17) is 14.5 Å². The van der Waals surface area contributed by atoms with Crippen molar-refractivity contribution in [2.24, 2.45) is 7.05 Å². The Labute approximate surface area is 181 Å². The zero-order valence-corrected chi connectivity index (χ0v) is 17.8. The number of amides is 1. The van der Waals surface area contributed by atoms with Crippen molar-refractivity contribution in [3.05, 3.63) is 54.5 Å². The summed E-state index contributed by atoms with van der Waals surface area (Å²) in [6, 6.07) is 9.75. The SMILES string of the molecule is COc1ccc(-c2ccnc(C3CCN(C(=O)COCc4nncn4C)CC3)n2)cc1. The summed E-state index contributed by atoms with van der Waals surface area (Å²) in [5, 5.41) is 7.75. The van der Waals surface area contributed by atoms with Gasteiger partial charge >= 0.3 is 0 Å². The maximum absolute atomic E-state index is 12.5. The summed E-state index contributed by atoms with van der Waals surface area (Å²) in [6.07, 6.45) is 5.08. The van der Waals surface area contributed by atoms with E-state index >= 15 is 0 Å². The third-order valence-corrected chi connectivity index (χ3v) is 5.53. The Balaban J connectivity index is 1.30. The van der Waals surface area contributed by atoms with Gasteiger partial charge in [0.05, 0.1) is 12.8 Å². The van der Waals surface area contributed by atoms with Gasteiger partial charge in [-0.05, 0) is 43.2 Å². The summed E-state index contributed by atoms with van der Waals surface area (Å²) < 4.78 is 12.5. The summed E-state index contributed by atoms with van der Waals surface area (Å²) in [5.41, 5.74) is 1.92. The number of rotatable bonds is 7. The molecule has 162 valence electrons. The molecular formula is C22H26N6O3. The van der Waals surface area contributed by atoms with Crippen LogP contribution in [0.3, 0.4) is 0 Å². The summed E-state index contributed by atoms with van der Waals surface area (Å²) in [6.45, 7) is 1.66. The molecule has 3 heterocycles. The minimum Gasteiger partial charge on any atom is -0.497 e. The van der Waals surface area contributed by atoms with Crippen molar-refractivity contribution in [3.63, 3.8) is 0 Å². The number of benzene rings is 1. The normalized spacial score (nSPS) is 14.6. The first kappa shape index (κ1) is 20.9. The van der Waals surface area contributed by atoms with Gasteiger partial charge in [0.2, 0.25) is 5.91 Å². The largest absolute Gasteiger partial charge is 0.497 e. The summed E-state index contributed by atoms with van der Waals surface area (Å²) in [5.74, 6) is 2.57. The molecule has 0 radical (unpaired) electrons. The van der Waals surface area contributed by atoms with Crippen LogP contribution in [0.15, 0.2) is 42.9 Å². The smallest absolute Gasteiger partial charge is 0.248 e. The number of aryl methyl sites for hydroxylation is 1. The van der Waals surface area contributed by atoms with Gasteiger partial charge in [-0.3, -0.25) is 4.79 Å². The highest BCUT2D eigenvalue weighted by Gasteiger charge is 2.25. The Kier molecular flexibility index (Phi) is 6.51. The zero-order chi connectivity index (χ0) is 21.6. The van der Waals surface area contributed by atoms with E-state index in [-0.39, 0.29) is 25.0 Å². The Morgan fingerprint density at radius 2 is 1.94 bits per heavy atom. The number of likely N-dealkylation sites (tertiary alicyclic amines) is 1. The molecule has 0 unspecified atom stereocenters.